The highest BCUT2D eigenvalue weighted by molar-refractivity contribution is 9.10. The second-order valence-corrected chi connectivity index (χ2v) is 7.74. The molecular weight excluding hydrogens is 422 g/mol. The lowest BCUT2D eigenvalue weighted by Gasteiger charge is -2.35. The highest BCUT2D eigenvalue weighted by Crippen LogP contribution is 2.32. The quantitative estimate of drug-likeness (QED) is 0.520. The summed E-state index contributed by atoms with van der Waals surface area (Å²) in [5.74, 6) is 0.519. The van der Waals surface area contributed by atoms with Crippen LogP contribution < -0.4 is 0 Å². The van der Waals surface area contributed by atoms with E-state index in [9.17, 15) is 4.79 Å². The third kappa shape index (κ3) is 2.78. The summed E-state index contributed by atoms with van der Waals surface area (Å²) in [7, 11) is 0. The molecule has 1 amide bonds. The number of nitrogens with zero attached hydrogens (tertiary/aromatic N) is 6. The minimum Gasteiger partial charge on any atom is -0.330 e. The number of carbonyl (C=O) groups is 1. The van der Waals surface area contributed by atoms with Gasteiger partial charge in [0.1, 0.15) is 0 Å². The topological polar surface area (TPSA) is 92.1 Å². The van der Waals surface area contributed by atoms with E-state index in [1.165, 1.54) is 5.56 Å². The third-order valence-electron chi connectivity index (χ3n) is 5.19. The number of pyridine rings is 1. The van der Waals surface area contributed by atoms with Gasteiger partial charge in [0, 0.05) is 22.8 Å². The molecule has 1 aliphatic heterocycles. The molecule has 1 atom stereocenters. The van der Waals surface area contributed by atoms with Crippen LogP contribution >= 0.6 is 15.9 Å². The molecule has 0 fully saturated rings. The monoisotopic (exact) mass is 437 g/mol. The van der Waals surface area contributed by atoms with Crippen LogP contribution in [0.15, 0.2) is 47.1 Å². The highest BCUT2D eigenvalue weighted by atomic mass is 79.9. The maximum atomic E-state index is 13.1. The predicted octanol–water partition coefficient (Wildman–Crippen LogP) is 3.04. The van der Waals surface area contributed by atoms with Crippen molar-refractivity contribution in [3.05, 3.63) is 63.9 Å². The number of tetrazole rings is 1. The van der Waals surface area contributed by atoms with Gasteiger partial charge in [-0.15, -0.1) is 10.2 Å². The molecule has 8 nitrogen and oxygen atoms in total. The molecule has 4 heterocycles. The van der Waals surface area contributed by atoms with E-state index in [0.717, 1.165) is 27.5 Å². The summed E-state index contributed by atoms with van der Waals surface area (Å²) in [6, 6.07) is 11.8. The van der Waals surface area contributed by atoms with Crippen molar-refractivity contribution < 1.29 is 4.79 Å². The summed E-state index contributed by atoms with van der Waals surface area (Å²) in [4.78, 5) is 15.0. The molecule has 0 saturated carbocycles. The van der Waals surface area contributed by atoms with Crippen molar-refractivity contribution in [1.82, 2.24) is 35.1 Å². The van der Waals surface area contributed by atoms with Crippen LogP contribution in [-0.2, 0) is 6.42 Å². The Hall–Kier alpha value is -3.07. The molecule has 0 radical (unpaired) electrons. The number of H-pyrrole nitrogens is 1. The van der Waals surface area contributed by atoms with Crippen LogP contribution in [0.25, 0.3) is 16.9 Å². The normalized spacial score (nSPS) is 16.4. The Balaban J connectivity index is 1.45. The number of fused-ring (bicyclic) bond motifs is 2. The van der Waals surface area contributed by atoms with Gasteiger partial charge in [0.05, 0.1) is 11.6 Å². The summed E-state index contributed by atoms with van der Waals surface area (Å²) in [5, 5.41) is 18.6. The lowest BCUT2D eigenvalue weighted by molar-refractivity contribution is 0.0671. The first-order valence-corrected chi connectivity index (χ1v) is 9.72. The van der Waals surface area contributed by atoms with Gasteiger partial charge in [-0.05, 0) is 69.9 Å². The molecule has 9 heteroatoms. The van der Waals surface area contributed by atoms with Gasteiger partial charge < -0.3 is 4.90 Å². The zero-order valence-corrected chi connectivity index (χ0v) is 16.6. The first kappa shape index (κ1) is 17.1. The molecule has 3 aromatic heterocycles. The molecular formula is C19H16BrN7O. The molecule has 1 N–H and O–H groups in total. The number of nitrogens with one attached hydrogen (secondary N) is 1. The number of carbonyl (C=O) groups excluding carboxylic acids is 1. The maximum absolute atomic E-state index is 13.1. The molecule has 1 aromatic carbocycles. The van der Waals surface area contributed by atoms with Gasteiger partial charge in [-0.2, -0.15) is 10.3 Å². The smallest absolute Gasteiger partial charge is 0.274 e. The highest BCUT2D eigenvalue weighted by Gasteiger charge is 2.30. The second kappa shape index (κ2) is 6.52. The molecule has 140 valence electrons. The van der Waals surface area contributed by atoms with Gasteiger partial charge in [-0.25, -0.2) is 4.52 Å². The number of hydrogen-bond donors (Lipinski definition) is 1. The molecule has 5 rings (SSSR count). The molecule has 0 bridgehead atoms. The minimum atomic E-state index is -0.0554. The summed E-state index contributed by atoms with van der Waals surface area (Å²) in [5.41, 5.74) is 4.61. The van der Waals surface area contributed by atoms with Crippen molar-refractivity contribution in [3.8, 4) is 11.4 Å². The third-order valence-corrected chi connectivity index (χ3v) is 5.66. The predicted molar refractivity (Wildman–Crippen MR) is 106 cm³/mol. The Bertz CT molecular complexity index is 1180. The van der Waals surface area contributed by atoms with Crippen molar-refractivity contribution in [2.45, 2.75) is 19.4 Å². The van der Waals surface area contributed by atoms with Crippen molar-refractivity contribution in [2.24, 2.45) is 0 Å². The van der Waals surface area contributed by atoms with Crippen LogP contribution in [-0.4, -0.2) is 47.6 Å². The molecule has 0 spiro atoms. The summed E-state index contributed by atoms with van der Waals surface area (Å²) >= 11 is 3.43. The van der Waals surface area contributed by atoms with Crippen LogP contribution in [0.1, 0.15) is 34.6 Å². The van der Waals surface area contributed by atoms with E-state index in [-0.39, 0.29) is 11.9 Å². The van der Waals surface area contributed by atoms with E-state index in [1.54, 1.807) is 4.52 Å². The zero-order valence-electron chi connectivity index (χ0n) is 15.0. The van der Waals surface area contributed by atoms with Crippen LogP contribution in [0, 0.1) is 0 Å². The first-order chi connectivity index (χ1) is 13.6. The van der Waals surface area contributed by atoms with Crippen molar-refractivity contribution in [2.75, 3.05) is 6.54 Å². The molecule has 0 saturated heterocycles. The lowest BCUT2D eigenvalue weighted by Crippen LogP contribution is -2.39. The lowest BCUT2D eigenvalue weighted by atomic mass is 9.91. The summed E-state index contributed by atoms with van der Waals surface area (Å²) in [6.45, 7) is 2.69. The Kier molecular flexibility index (Phi) is 3.97. The Morgan fingerprint density at radius 2 is 2.14 bits per heavy atom. The standard InChI is InChI=1S/C19H16BrN7O/c1-11-16-5-2-13(18-21-24-25-22-18)8-12(16)6-7-26(11)19(28)17-9-15-4-3-14(20)10-27(15)23-17/h2-5,8-11H,6-7H2,1H3,(H,21,22,24,25). The average Bonchev–Trinajstić information content (AvgIpc) is 3.37. The van der Waals surface area contributed by atoms with Crippen molar-refractivity contribution >= 4 is 27.4 Å². The Labute approximate surface area is 168 Å². The maximum Gasteiger partial charge on any atom is 0.274 e. The van der Waals surface area contributed by atoms with E-state index < -0.39 is 0 Å². The molecule has 1 unspecified atom stereocenters. The largest absolute Gasteiger partial charge is 0.330 e. The van der Waals surface area contributed by atoms with Crippen LogP contribution in [0.4, 0.5) is 0 Å². The number of amides is 1. The minimum absolute atomic E-state index is 0.0351. The number of aromatic nitrogens is 6. The summed E-state index contributed by atoms with van der Waals surface area (Å²) < 4.78 is 2.64. The van der Waals surface area contributed by atoms with Gasteiger partial charge in [0.15, 0.2) is 5.69 Å². The SMILES string of the molecule is CC1c2ccc(-c3nn[nH]n3)cc2CCN1C(=O)c1cc2ccc(Br)cn2n1. The van der Waals surface area contributed by atoms with E-state index in [0.29, 0.717) is 18.1 Å². The van der Waals surface area contributed by atoms with Crippen LogP contribution in [0.3, 0.4) is 0 Å². The zero-order chi connectivity index (χ0) is 19.3. The number of hydrogen-bond acceptors (Lipinski definition) is 5. The number of aromatic amines is 1. The van der Waals surface area contributed by atoms with E-state index >= 15 is 0 Å². The van der Waals surface area contributed by atoms with Crippen LogP contribution in [0.2, 0.25) is 0 Å². The van der Waals surface area contributed by atoms with Gasteiger partial charge in [0.2, 0.25) is 5.82 Å². The second-order valence-electron chi connectivity index (χ2n) is 6.82. The molecule has 0 aliphatic carbocycles. The fourth-order valence-electron chi connectivity index (χ4n) is 3.75. The van der Waals surface area contributed by atoms with E-state index in [4.69, 9.17) is 0 Å². The van der Waals surface area contributed by atoms with Crippen molar-refractivity contribution in [3.63, 3.8) is 0 Å². The van der Waals surface area contributed by atoms with E-state index in [1.807, 2.05) is 41.4 Å². The Morgan fingerprint density at radius 1 is 1.25 bits per heavy atom. The van der Waals surface area contributed by atoms with Crippen LogP contribution in [0.5, 0.6) is 0 Å². The van der Waals surface area contributed by atoms with Crippen molar-refractivity contribution in [1.29, 1.82) is 0 Å². The van der Waals surface area contributed by atoms with Gasteiger partial charge >= 0.3 is 0 Å². The van der Waals surface area contributed by atoms with E-state index in [2.05, 4.69) is 54.6 Å². The number of halogens is 1. The Morgan fingerprint density at radius 3 is 2.96 bits per heavy atom. The molecule has 4 aromatic rings. The van der Waals surface area contributed by atoms with Gasteiger partial charge in [-0.3, -0.25) is 4.79 Å². The average molecular weight is 438 g/mol. The molecule has 28 heavy (non-hydrogen) atoms. The fourth-order valence-corrected chi connectivity index (χ4v) is 4.07. The fraction of sp³-hybridized carbons (Fsp3) is 0.211. The number of rotatable bonds is 2. The molecule has 1 aliphatic rings. The van der Waals surface area contributed by atoms with Gasteiger partial charge in [-0.1, -0.05) is 12.1 Å². The van der Waals surface area contributed by atoms with Gasteiger partial charge in [0.25, 0.3) is 5.91 Å². The summed E-state index contributed by atoms with van der Waals surface area (Å²) in [6.07, 6.45) is 2.62. The first-order valence-electron chi connectivity index (χ1n) is 8.93. The number of benzene rings is 1.